The first-order valence-corrected chi connectivity index (χ1v) is 7.32. The van der Waals surface area contributed by atoms with Gasteiger partial charge in [0.2, 0.25) is 0 Å². The van der Waals surface area contributed by atoms with Crippen LogP contribution in [-0.2, 0) is 0 Å². The third kappa shape index (κ3) is 2.51. The van der Waals surface area contributed by atoms with Gasteiger partial charge in [-0.1, -0.05) is 6.92 Å². The summed E-state index contributed by atoms with van der Waals surface area (Å²) in [6.45, 7) is 4.46. The van der Waals surface area contributed by atoms with Crippen LogP contribution >= 0.6 is 11.8 Å². The van der Waals surface area contributed by atoms with Gasteiger partial charge in [-0.15, -0.1) is 0 Å². The summed E-state index contributed by atoms with van der Waals surface area (Å²) in [5.41, 5.74) is 6.33. The maximum Gasteiger partial charge on any atom is 0.0419 e. The standard InChI is InChI=1S/C12H24N2S/c1-10-6-11(10)7-14(2)12(8-13)4-3-5-15-9-12/h10-11H,3-9,13H2,1-2H3. The number of nitrogens with zero attached hydrogens (tertiary/aromatic N) is 1. The van der Waals surface area contributed by atoms with Gasteiger partial charge in [-0.05, 0) is 43.9 Å². The van der Waals surface area contributed by atoms with Crippen molar-refractivity contribution in [2.45, 2.75) is 31.7 Å². The lowest BCUT2D eigenvalue weighted by Gasteiger charge is -2.44. The molecule has 0 aromatic heterocycles. The van der Waals surface area contributed by atoms with Crippen molar-refractivity contribution in [1.29, 1.82) is 0 Å². The molecule has 0 bridgehead atoms. The highest BCUT2D eigenvalue weighted by atomic mass is 32.2. The Balaban J connectivity index is 1.91. The van der Waals surface area contributed by atoms with Crippen molar-refractivity contribution in [2.75, 3.05) is 31.6 Å². The van der Waals surface area contributed by atoms with Gasteiger partial charge in [0, 0.05) is 24.4 Å². The Morgan fingerprint density at radius 3 is 2.73 bits per heavy atom. The molecule has 2 rings (SSSR count). The topological polar surface area (TPSA) is 29.3 Å². The Morgan fingerprint density at radius 1 is 1.53 bits per heavy atom. The van der Waals surface area contributed by atoms with E-state index >= 15 is 0 Å². The lowest BCUT2D eigenvalue weighted by atomic mass is 9.93. The maximum absolute atomic E-state index is 6.01. The van der Waals surface area contributed by atoms with E-state index in [0.29, 0.717) is 5.54 Å². The van der Waals surface area contributed by atoms with Gasteiger partial charge >= 0.3 is 0 Å². The van der Waals surface area contributed by atoms with Crippen molar-refractivity contribution in [3.05, 3.63) is 0 Å². The second kappa shape index (κ2) is 4.64. The third-order valence-corrected chi connectivity index (χ3v) is 5.59. The fourth-order valence-electron chi connectivity index (χ4n) is 2.65. The number of hydrogen-bond donors (Lipinski definition) is 1. The van der Waals surface area contributed by atoms with Crippen LogP contribution in [0.25, 0.3) is 0 Å². The Morgan fingerprint density at radius 2 is 2.27 bits per heavy atom. The van der Waals surface area contributed by atoms with E-state index in [2.05, 4.69) is 30.6 Å². The number of nitrogens with two attached hydrogens (primary N) is 1. The maximum atomic E-state index is 6.01. The molecule has 0 aromatic carbocycles. The Bertz CT molecular complexity index is 214. The minimum atomic E-state index is 0.311. The summed E-state index contributed by atoms with van der Waals surface area (Å²) in [6, 6.07) is 0. The Kier molecular flexibility index (Phi) is 3.63. The fourth-order valence-corrected chi connectivity index (χ4v) is 4.01. The number of thioether (sulfide) groups is 1. The second-order valence-corrected chi connectivity index (χ2v) is 6.54. The summed E-state index contributed by atoms with van der Waals surface area (Å²) in [5, 5.41) is 0. The van der Waals surface area contributed by atoms with Gasteiger partial charge in [0.05, 0.1) is 0 Å². The zero-order valence-electron chi connectivity index (χ0n) is 10.0. The van der Waals surface area contributed by atoms with E-state index in [1.807, 2.05) is 0 Å². The molecule has 0 radical (unpaired) electrons. The van der Waals surface area contributed by atoms with Gasteiger partial charge in [0.15, 0.2) is 0 Å². The van der Waals surface area contributed by atoms with E-state index in [1.54, 1.807) is 0 Å². The van der Waals surface area contributed by atoms with Gasteiger partial charge in [-0.3, -0.25) is 4.90 Å². The molecule has 3 unspecified atom stereocenters. The van der Waals surface area contributed by atoms with E-state index in [1.165, 1.54) is 37.3 Å². The zero-order valence-corrected chi connectivity index (χ0v) is 10.9. The largest absolute Gasteiger partial charge is 0.329 e. The highest BCUT2D eigenvalue weighted by molar-refractivity contribution is 7.99. The molecule has 0 aromatic rings. The monoisotopic (exact) mass is 228 g/mol. The zero-order chi connectivity index (χ0) is 10.9. The molecule has 1 saturated heterocycles. The van der Waals surface area contributed by atoms with E-state index < -0.39 is 0 Å². The summed E-state index contributed by atoms with van der Waals surface area (Å²) < 4.78 is 0. The third-order valence-electron chi connectivity index (χ3n) is 4.28. The molecule has 0 amide bonds. The first-order chi connectivity index (χ1) is 7.18. The highest BCUT2D eigenvalue weighted by Gasteiger charge is 2.40. The van der Waals surface area contributed by atoms with E-state index in [0.717, 1.165) is 18.4 Å². The molecule has 1 aliphatic heterocycles. The molecule has 3 atom stereocenters. The predicted octanol–water partition coefficient (Wildman–Crippen LogP) is 1.80. The quantitative estimate of drug-likeness (QED) is 0.795. The van der Waals surface area contributed by atoms with Crippen LogP contribution in [0.3, 0.4) is 0 Å². The molecule has 88 valence electrons. The van der Waals surface area contributed by atoms with E-state index in [9.17, 15) is 0 Å². The van der Waals surface area contributed by atoms with E-state index in [-0.39, 0.29) is 0 Å². The first kappa shape index (κ1) is 11.7. The summed E-state index contributed by atoms with van der Waals surface area (Å²) in [4.78, 5) is 2.56. The van der Waals surface area contributed by atoms with Crippen LogP contribution in [0.15, 0.2) is 0 Å². The van der Waals surface area contributed by atoms with Crippen molar-refractivity contribution in [2.24, 2.45) is 17.6 Å². The smallest absolute Gasteiger partial charge is 0.0419 e. The average molecular weight is 228 g/mol. The van der Waals surface area contributed by atoms with Crippen LogP contribution in [0.4, 0.5) is 0 Å². The van der Waals surface area contributed by atoms with Crippen molar-refractivity contribution < 1.29 is 0 Å². The minimum absolute atomic E-state index is 0.311. The Hall–Kier alpha value is 0.270. The lowest BCUT2D eigenvalue weighted by Crippen LogP contribution is -2.56. The molecule has 2 N–H and O–H groups in total. The number of rotatable bonds is 4. The summed E-state index contributed by atoms with van der Waals surface area (Å²) >= 11 is 2.08. The molecular weight excluding hydrogens is 204 g/mol. The van der Waals surface area contributed by atoms with Crippen molar-refractivity contribution in [3.63, 3.8) is 0 Å². The van der Waals surface area contributed by atoms with Crippen LogP contribution in [0, 0.1) is 11.8 Å². The average Bonchev–Trinajstić information content (AvgIpc) is 2.95. The first-order valence-electron chi connectivity index (χ1n) is 6.17. The molecule has 2 nitrogen and oxygen atoms in total. The molecule has 3 heteroatoms. The van der Waals surface area contributed by atoms with Crippen LogP contribution in [-0.4, -0.2) is 42.1 Å². The molecule has 0 spiro atoms. The normalized spacial score (nSPS) is 40.8. The SMILES string of the molecule is CC1CC1CN(C)C1(CN)CCCSC1. The molecule has 1 heterocycles. The van der Waals surface area contributed by atoms with E-state index in [4.69, 9.17) is 5.73 Å². The summed E-state index contributed by atoms with van der Waals surface area (Å²) in [5.74, 6) is 4.47. The molecule has 15 heavy (non-hydrogen) atoms. The lowest BCUT2D eigenvalue weighted by molar-refractivity contribution is 0.127. The number of hydrogen-bond acceptors (Lipinski definition) is 3. The fraction of sp³-hybridized carbons (Fsp3) is 1.00. The molecular formula is C12H24N2S. The summed E-state index contributed by atoms with van der Waals surface area (Å²) in [7, 11) is 2.28. The Labute approximate surface area is 98.0 Å². The highest BCUT2D eigenvalue weighted by Crippen LogP contribution is 2.40. The van der Waals surface area contributed by atoms with Crippen LogP contribution < -0.4 is 5.73 Å². The van der Waals surface area contributed by atoms with Crippen LogP contribution in [0.5, 0.6) is 0 Å². The van der Waals surface area contributed by atoms with Crippen molar-refractivity contribution in [3.8, 4) is 0 Å². The summed E-state index contributed by atoms with van der Waals surface area (Å²) in [6.07, 6.45) is 4.07. The van der Waals surface area contributed by atoms with Gasteiger partial charge in [-0.25, -0.2) is 0 Å². The second-order valence-electron chi connectivity index (χ2n) is 5.44. The minimum Gasteiger partial charge on any atom is -0.329 e. The van der Waals surface area contributed by atoms with Gasteiger partial charge in [0.25, 0.3) is 0 Å². The van der Waals surface area contributed by atoms with Crippen molar-refractivity contribution >= 4 is 11.8 Å². The van der Waals surface area contributed by atoms with Crippen LogP contribution in [0.1, 0.15) is 26.2 Å². The molecule has 1 saturated carbocycles. The molecule has 1 aliphatic carbocycles. The van der Waals surface area contributed by atoms with Crippen LogP contribution in [0.2, 0.25) is 0 Å². The van der Waals surface area contributed by atoms with Crippen molar-refractivity contribution in [1.82, 2.24) is 4.90 Å². The van der Waals surface area contributed by atoms with Gasteiger partial charge in [-0.2, -0.15) is 11.8 Å². The van der Waals surface area contributed by atoms with Gasteiger partial charge in [0.1, 0.15) is 0 Å². The predicted molar refractivity (Wildman–Crippen MR) is 68.2 cm³/mol. The molecule has 2 aliphatic rings. The van der Waals surface area contributed by atoms with Gasteiger partial charge < -0.3 is 5.73 Å². The number of likely N-dealkylation sites (N-methyl/N-ethyl adjacent to an activating group) is 1. The molecule has 2 fully saturated rings.